The summed E-state index contributed by atoms with van der Waals surface area (Å²) >= 11 is 1.61. The Balaban J connectivity index is 2.17. The molecule has 112 valence electrons. The quantitative estimate of drug-likeness (QED) is 0.887. The van der Waals surface area contributed by atoms with Crippen LogP contribution in [-0.4, -0.2) is 53.0 Å². The van der Waals surface area contributed by atoms with E-state index in [1.165, 1.54) is 12.3 Å². The summed E-state index contributed by atoms with van der Waals surface area (Å²) in [5, 5.41) is 11.8. The molecule has 0 spiro atoms. The highest BCUT2D eigenvalue weighted by Gasteiger charge is 2.20. The van der Waals surface area contributed by atoms with Gasteiger partial charge in [-0.3, -0.25) is 4.79 Å². The first-order chi connectivity index (χ1) is 10.1. The van der Waals surface area contributed by atoms with Crippen LogP contribution in [0.1, 0.15) is 15.4 Å². The molecule has 5 nitrogen and oxygen atoms in total. The van der Waals surface area contributed by atoms with Crippen molar-refractivity contribution in [3.05, 3.63) is 46.4 Å². The van der Waals surface area contributed by atoms with Crippen LogP contribution in [0.15, 0.2) is 35.8 Å². The predicted molar refractivity (Wildman–Crippen MR) is 83.5 cm³/mol. The fourth-order valence-electron chi connectivity index (χ4n) is 1.88. The molecule has 21 heavy (non-hydrogen) atoms. The van der Waals surface area contributed by atoms with Crippen LogP contribution in [0.4, 0.5) is 0 Å². The van der Waals surface area contributed by atoms with Gasteiger partial charge >= 0.3 is 0 Å². The summed E-state index contributed by atoms with van der Waals surface area (Å²) in [6.45, 7) is 1.87. The normalized spacial score (nSPS) is 10.8. The van der Waals surface area contributed by atoms with Crippen molar-refractivity contribution in [2.45, 2.75) is 6.54 Å². The number of pyridine rings is 1. The Morgan fingerprint density at radius 2 is 2.10 bits per heavy atom. The van der Waals surface area contributed by atoms with E-state index in [0.29, 0.717) is 13.1 Å². The van der Waals surface area contributed by atoms with E-state index < -0.39 is 0 Å². The molecule has 6 heteroatoms. The molecule has 1 N–H and O–H groups in total. The molecule has 0 aliphatic carbocycles. The monoisotopic (exact) mass is 305 g/mol. The van der Waals surface area contributed by atoms with E-state index in [4.69, 9.17) is 0 Å². The SMILES string of the molecule is CN(C)CCN(Cc1cccs1)C(=O)c1ncccc1O. The van der Waals surface area contributed by atoms with Crippen LogP contribution in [0.25, 0.3) is 0 Å². The van der Waals surface area contributed by atoms with Crippen molar-refractivity contribution in [1.29, 1.82) is 0 Å². The summed E-state index contributed by atoms with van der Waals surface area (Å²) in [4.78, 5) is 21.4. The maximum Gasteiger partial charge on any atom is 0.276 e. The third kappa shape index (κ3) is 4.27. The van der Waals surface area contributed by atoms with Crippen molar-refractivity contribution in [3.63, 3.8) is 0 Å². The van der Waals surface area contributed by atoms with Gasteiger partial charge in [0, 0.05) is 24.2 Å². The number of amides is 1. The van der Waals surface area contributed by atoms with E-state index in [1.807, 2.05) is 36.5 Å². The number of hydrogen-bond acceptors (Lipinski definition) is 5. The molecule has 0 fully saturated rings. The number of carbonyl (C=O) groups excluding carboxylic acids is 1. The average molecular weight is 305 g/mol. The van der Waals surface area contributed by atoms with E-state index in [1.54, 1.807) is 22.3 Å². The highest BCUT2D eigenvalue weighted by molar-refractivity contribution is 7.09. The van der Waals surface area contributed by atoms with E-state index in [2.05, 4.69) is 4.98 Å². The lowest BCUT2D eigenvalue weighted by Crippen LogP contribution is -2.36. The zero-order valence-corrected chi connectivity index (χ0v) is 13.0. The molecule has 2 aromatic rings. The molecule has 0 unspecified atom stereocenters. The average Bonchev–Trinajstić information content (AvgIpc) is 2.96. The minimum Gasteiger partial charge on any atom is -0.505 e. The molecule has 2 rings (SSSR count). The molecule has 0 aromatic carbocycles. The second-order valence-electron chi connectivity index (χ2n) is 4.98. The van der Waals surface area contributed by atoms with Gasteiger partial charge in [-0.25, -0.2) is 4.98 Å². The van der Waals surface area contributed by atoms with Crippen LogP contribution in [0.5, 0.6) is 5.75 Å². The number of carbonyl (C=O) groups is 1. The number of thiophene rings is 1. The maximum atomic E-state index is 12.6. The van der Waals surface area contributed by atoms with Gasteiger partial charge in [-0.1, -0.05) is 6.07 Å². The number of nitrogens with zero attached hydrogens (tertiary/aromatic N) is 3. The Morgan fingerprint density at radius 3 is 2.71 bits per heavy atom. The Hall–Kier alpha value is -1.92. The summed E-state index contributed by atoms with van der Waals surface area (Å²) in [5.41, 5.74) is 0.104. The van der Waals surface area contributed by atoms with E-state index in [-0.39, 0.29) is 17.4 Å². The van der Waals surface area contributed by atoms with Crippen molar-refractivity contribution in [1.82, 2.24) is 14.8 Å². The third-order valence-corrected chi connectivity index (χ3v) is 3.88. The first kappa shape index (κ1) is 15.5. The molecule has 2 heterocycles. The minimum atomic E-state index is -0.247. The molecule has 0 saturated carbocycles. The fourth-order valence-corrected chi connectivity index (χ4v) is 2.59. The molecule has 0 aliphatic heterocycles. The highest BCUT2D eigenvalue weighted by Crippen LogP contribution is 2.18. The van der Waals surface area contributed by atoms with Gasteiger partial charge in [0.05, 0.1) is 6.54 Å². The molecule has 0 bridgehead atoms. The van der Waals surface area contributed by atoms with Gasteiger partial charge in [-0.15, -0.1) is 11.3 Å². The summed E-state index contributed by atoms with van der Waals surface area (Å²) in [6.07, 6.45) is 1.52. The van der Waals surface area contributed by atoms with Crippen LogP contribution in [0, 0.1) is 0 Å². The number of rotatable bonds is 6. The number of hydrogen-bond donors (Lipinski definition) is 1. The minimum absolute atomic E-state index is 0.0801. The highest BCUT2D eigenvalue weighted by atomic mass is 32.1. The Bertz CT molecular complexity index is 584. The molecule has 1 amide bonds. The van der Waals surface area contributed by atoms with Gasteiger partial charge in [-0.2, -0.15) is 0 Å². The van der Waals surface area contributed by atoms with Crippen molar-refractivity contribution in [2.24, 2.45) is 0 Å². The third-order valence-electron chi connectivity index (χ3n) is 3.02. The summed E-state index contributed by atoms with van der Waals surface area (Å²) in [5.74, 6) is -0.327. The molecule has 0 radical (unpaired) electrons. The topological polar surface area (TPSA) is 56.7 Å². The van der Waals surface area contributed by atoms with Crippen LogP contribution < -0.4 is 0 Å². The first-order valence-electron chi connectivity index (χ1n) is 6.68. The van der Waals surface area contributed by atoms with Gasteiger partial charge in [0.1, 0.15) is 5.75 Å². The molecular formula is C15H19N3O2S. The summed E-state index contributed by atoms with van der Waals surface area (Å²) in [7, 11) is 3.93. The number of aromatic hydroxyl groups is 1. The van der Waals surface area contributed by atoms with Gasteiger partial charge in [0.25, 0.3) is 5.91 Å². The van der Waals surface area contributed by atoms with Crippen molar-refractivity contribution in [2.75, 3.05) is 27.2 Å². The zero-order valence-electron chi connectivity index (χ0n) is 12.2. The predicted octanol–water partition coefficient (Wildman–Crippen LogP) is 2.05. The number of aromatic nitrogens is 1. The van der Waals surface area contributed by atoms with Crippen LogP contribution in [-0.2, 0) is 6.54 Å². The molecule has 0 aliphatic rings. The maximum absolute atomic E-state index is 12.6. The van der Waals surface area contributed by atoms with E-state index in [9.17, 15) is 9.90 Å². The first-order valence-corrected chi connectivity index (χ1v) is 7.56. The number of likely N-dealkylation sites (N-methyl/N-ethyl adjacent to an activating group) is 1. The van der Waals surface area contributed by atoms with Crippen molar-refractivity contribution < 1.29 is 9.90 Å². The second-order valence-corrected chi connectivity index (χ2v) is 6.01. The van der Waals surface area contributed by atoms with Crippen LogP contribution >= 0.6 is 11.3 Å². The molecular weight excluding hydrogens is 286 g/mol. The molecule has 0 atom stereocenters. The lowest BCUT2D eigenvalue weighted by molar-refractivity contribution is 0.0724. The Labute approximate surface area is 128 Å². The smallest absolute Gasteiger partial charge is 0.276 e. The van der Waals surface area contributed by atoms with Gasteiger partial charge < -0.3 is 14.9 Å². The lowest BCUT2D eigenvalue weighted by Gasteiger charge is -2.23. The van der Waals surface area contributed by atoms with Gasteiger partial charge in [0.15, 0.2) is 5.69 Å². The van der Waals surface area contributed by atoms with Gasteiger partial charge in [0.2, 0.25) is 0 Å². The van der Waals surface area contributed by atoms with Crippen molar-refractivity contribution in [3.8, 4) is 5.75 Å². The lowest BCUT2D eigenvalue weighted by atomic mass is 10.2. The summed E-state index contributed by atoms with van der Waals surface area (Å²) < 4.78 is 0. The van der Waals surface area contributed by atoms with Gasteiger partial charge in [-0.05, 0) is 37.7 Å². The second kappa shape index (κ2) is 7.19. The van der Waals surface area contributed by atoms with Crippen LogP contribution in [0.3, 0.4) is 0 Å². The Kier molecular flexibility index (Phi) is 5.30. The van der Waals surface area contributed by atoms with E-state index in [0.717, 1.165) is 11.4 Å². The standard InChI is InChI=1S/C15H19N3O2S/c1-17(2)8-9-18(11-12-5-4-10-21-12)15(20)14-13(19)6-3-7-16-14/h3-7,10,19H,8-9,11H2,1-2H3. The van der Waals surface area contributed by atoms with Crippen LogP contribution in [0.2, 0.25) is 0 Å². The Morgan fingerprint density at radius 1 is 1.29 bits per heavy atom. The van der Waals surface area contributed by atoms with E-state index >= 15 is 0 Å². The molecule has 2 aromatic heterocycles. The largest absolute Gasteiger partial charge is 0.505 e. The van der Waals surface area contributed by atoms with Crippen molar-refractivity contribution >= 4 is 17.2 Å². The summed E-state index contributed by atoms with van der Waals surface area (Å²) in [6, 6.07) is 7.05. The zero-order chi connectivity index (χ0) is 15.2. The fraction of sp³-hybridized carbons (Fsp3) is 0.333. The molecule has 0 saturated heterocycles.